The number of carbonyl (C=O) groups is 1. The van der Waals surface area contributed by atoms with E-state index in [1.165, 1.54) is 24.5 Å². The number of nitrogens with one attached hydrogen (secondary N) is 1. The Bertz CT molecular complexity index is 591. The molecule has 2 rings (SSSR count). The molecule has 0 atom stereocenters. The number of halogens is 3. The van der Waals surface area contributed by atoms with Crippen LogP contribution in [0.15, 0.2) is 35.1 Å². The van der Waals surface area contributed by atoms with Gasteiger partial charge in [-0.2, -0.15) is 0 Å². The molecule has 1 aromatic carbocycles. The maximum atomic E-state index is 13.5. The van der Waals surface area contributed by atoms with Crippen LogP contribution < -0.4 is 5.32 Å². The maximum Gasteiger partial charge on any atom is 0.275 e. The normalized spacial score (nSPS) is 10.2. The summed E-state index contributed by atoms with van der Waals surface area (Å²) < 4.78 is 14.1. The highest BCUT2D eigenvalue weighted by Crippen LogP contribution is 2.19. The molecule has 1 heterocycles. The summed E-state index contributed by atoms with van der Waals surface area (Å²) in [5, 5.41) is 2.57. The lowest BCUT2D eigenvalue weighted by atomic mass is 10.3. The lowest BCUT2D eigenvalue weighted by molar-refractivity contribution is 0.102. The first-order chi connectivity index (χ1) is 8.56. The summed E-state index contributed by atoms with van der Waals surface area (Å²) in [6.45, 7) is 0. The third-order valence-electron chi connectivity index (χ3n) is 2.03. The second-order valence-electron chi connectivity index (χ2n) is 3.30. The fraction of sp³-hybridized carbons (Fsp3) is 0. The van der Waals surface area contributed by atoms with E-state index in [2.05, 4.69) is 31.2 Å². The van der Waals surface area contributed by atoms with Gasteiger partial charge in [0.2, 0.25) is 0 Å². The molecule has 18 heavy (non-hydrogen) atoms. The lowest BCUT2D eigenvalue weighted by Gasteiger charge is -2.05. The number of anilines is 1. The number of carbonyl (C=O) groups excluding carboxylic acids is 1. The molecule has 0 aliphatic rings. The highest BCUT2D eigenvalue weighted by atomic mass is 79.9. The van der Waals surface area contributed by atoms with Crippen LogP contribution in [0.2, 0.25) is 5.15 Å². The number of rotatable bonds is 2. The number of aromatic nitrogens is 2. The SMILES string of the molecule is O=C(Nc1ccc(Br)cc1F)c1cnc(Cl)cn1. The third-order valence-corrected chi connectivity index (χ3v) is 2.72. The largest absolute Gasteiger partial charge is 0.318 e. The van der Waals surface area contributed by atoms with Crippen LogP contribution in [0.1, 0.15) is 10.5 Å². The highest BCUT2D eigenvalue weighted by Gasteiger charge is 2.11. The number of amides is 1. The maximum absolute atomic E-state index is 13.5. The predicted molar refractivity (Wildman–Crippen MR) is 69.1 cm³/mol. The smallest absolute Gasteiger partial charge is 0.275 e. The molecule has 0 bridgehead atoms. The fourth-order valence-electron chi connectivity index (χ4n) is 1.21. The van der Waals surface area contributed by atoms with E-state index in [1.807, 2.05) is 0 Å². The molecule has 1 aromatic heterocycles. The van der Waals surface area contributed by atoms with Crippen molar-refractivity contribution in [1.29, 1.82) is 0 Å². The van der Waals surface area contributed by atoms with Crippen LogP contribution in [0.25, 0.3) is 0 Å². The Morgan fingerprint density at radius 1 is 1.33 bits per heavy atom. The van der Waals surface area contributed by atoms with Gasteiger partial charge in [0.25, 0.3) is 5.91 Å². The summed E-state index contributed by atoms with van der Waals surface area (Å²) in [5.74, 6) is -1.10. The molecule has 2 aromatic rings. The minimum Gasteiger partial charge on any atom is -0.318 e. The van der Waals surface area contributed by atoms with Crippen LogP contribution in [0, 0.1) is 5.82 Å². The first-order valence-electron chi connectivity index (χ1n) is 4.80. The highest BCUT2D eigenvalue weighted by molar-refractivity contribution is 9.10. The summed E-state index contributed by atoms with van der Waals surface area (Å²) >= 11 is 8.67. The van der Waals surface area contributed by atoms with Crippen LogP contribution in [-0.2, 0) is 0 Å². The Morgan fingerprint density at radius 3 is 2.72 bits per heavy atom. The summed E-state index contributed by atoms with van der Waals surface area (Å²) in [4.78, 5) is 19.2. The Kier molecular flexibility index (Phi) is 3.88. The molecule has 7 heteroatoms. The molecule has 0 unspecified atom stereocenters. The molecule has 0 aliphatic heterocycles. The van der Waals surface area contributed by atoms with Crippen LogP contribution >= 0.6 is 27.5 Å². The molecule has 1 N–H and O–H groups in total. The number of hydrogen-bond acceptors (Lipinski definition) is 3. The van der Waals surface area contributed by atoms with Crippen LogP contribution in [-0.4, -0.2) is 15.9 Å². The molecule has 0 spiro atoms. The van der Waals surface area contributed by atoms with Crippen molar-refractivity contribution in [3.8, 4) is 0 Å². The van der Waals surface area contributed by atoms with Crippen molar-refractivity contribution in [2.75, 3.05) is 5.32 Å². The van der Waals surface area contributed by atoms with E-state index in [0.29, 0.717) is 4.47 Å². The van der Waals surface area contributed by atoms with Crippen molar-refractivity contribution < 1.29 is 9.18 Å². The van der Waals surface area contributed by atoms with E-state index in [0.717, 1.165) is 0 Å². The van der Waals surface area contributed by atoms with Crippen molar-refractivity contribution >= 4 is 39.1 Å². The zero-order valence-corrected chi connectivity index (χ0v) is 11.2. The minimum atomic E-state index is -0.555. The van der Waals surface area contributed by atoms with Gasteiger partial charge in [-0.3, -0.25) is 4.79 Å². The second kappa shape index (κ2) is 5.41. The molecule has 0 saturated heterocycles. The molecular weight excluding hydrogens is 324 g/mol. The molecule has 4 nitrogen and oxygen atoms in total. The van der Waals surface area contributed by atoms with E-state index in [4.69, 9.17) is 11.6 Å². The summed E-state index contributed by atoms with van der Waals surface area (Å²) in [7, 11) is 0. The van der Waals surface area contributed by atoms with Crippen molar-refractivity contribution in [3.05, 3.63) is 51.7 Å². The van der Waals surface area contributed by atoms with E-state index in [9.17, 15) is 9.18 Å². The van der Waals surface area contributed by atoms with Gasteiger partial charge >= 0.3 is 0 Å². The number of benzene rings is 1. The zero-order chi connectivity index (χ0) is 13.1. The quantitative estimate of drug-likeness (QED) is 0.919. The average Bonchev–Trinajstić information content (AvgIpc) is 2.33. The molecule has 92 valence electrons. The van der Waals surface area contributed by atoms with Crippen molar-refractivity contribution in [1.82, 2.24) is 9.97 Å². The Hall–Kier alpha value is -1.53. The Morgan fingerprint density at radius 2 is 2.11 bits per heavy atom. The number of hydrogen-bond donors (Lipinski definition) is 1. The van der Waals surface area contributed by atoms with Gasteiger partial charge in [-0.05, 0) is 18.2 Å². The van der Waals surface area contributed by atoms with E-state index < -0.39 is 11.7 Å². The molecular formula is C11H6BrClFN3O. The summed E-state index contributed by atoms with van der Waals surface area (Å²) in [6, 6.07) is 4.32. The molecule has 1 amide bonds. The monoisotopic (exact) mass is 329 g/mol. The predicted octanol–water partition coefficient (Wildman–Crippen LogP) is 3.28. The van der Waals surface area contributed by atoms with Gasteiger partial charge < -0.3 is 5.32 Å². The topological polar surface area (TPSA) is 54.9 Å². The number of nitrogens with zero attached hydrogens (tertiary/aromatic N) is 2. The summed E-state index contributed by atoms with van der Waals surface area (Å²) in [5.41, 5.74) is 0.127. The van der Waals surface area contributed by atoms with Crippen molar-refractivity contribution in [2.24, 2.45) is 0 Å². The van der Waals surface area contributed by atoms with E-state index >= 15 is 0 Å². The molecule has 0 saturated carbocycles. The van der Waals surface area contributed by atoms with Crippen molar-refractivity contribution in [3.63, 3.8) is 0 Å². The molecule has 0 aliphatic carbocycles. The minimum absolute atomic E-state index is 0.0571. The zero-order valence-electron chi connectivity index (χ0n) is 8.82. The van der Waals surface area contributed by atoms with Crippen LogP contribution in [0.4, 0.5) is 10.1 Å². The average molecular weight is 331 g/mol. The Balaban J connectivity index is 2.18. The van der Waals surface area contributed by atoms with E-state index in [-0.39, 0.29) is 16.5 Å². The third kappa shape index (κ3) is 3.02. The Labute approximate surface area is 115 Å². The fourth-order valence-corrected chi connectivity index (χ4v) is 1.64. The van der Waals surface area contributed by atoms with Crippen LogP contribution in [0.5, 0.6) is 0 Å². The van der Waals surface area contributed by atoms with Gasteiger partial charge in [0.05, 0.1) is 18.1 Å². The van der Waals surface area contributed by atoms with Gasteiger partial charge in [0.15, 0.2) is 0 Å². The van der Waals surface area contributed by atoms with Gasteiger partial charge in [-0.25, -0.2) is 14.4 Å². The van der Waals surface area contributed by atoms with Gasteiger partial charge in [0.1, 0.15) is 16.7 Å². The first kappa shape index (κ1) is 12.9. The second-order valence-corrected chi connectivity index (χ2v) is 4.61. The van der Waals surface area contributed by atoms with Gasteiger partial charge in [0, 0.05) is 4.47 Å². The van der Waals surface area contributed by atoms with Crippen molar-refractivity contribution in [2.45, 2.75) is 0 Å². The van der Waals surface area contributed by atoms with Gasteiger partial charge in [-0.15, -0.1) is 0 Å². The first-order valence-corrected chi connectivity index (χ1v) is 5.97. The molecule has 0 radical (unpaired) electrons. The summed E-state index contributed by atoms with van der Waals surface area (Å²) in [6.07, 6.45) is 2.46. The van der Waals surface area contributed by atoms with Crippen LogP contribution in [0.3, 0.4) is 0 Å². The lowest BCUT2D eigenvalue weighted by Crippen LogP contribution is -2.14. The molecule has 0 fully saturated rings. The standard InChI is InChI=1S/C11H6BrClFN3O/c12-6-1-2-8(7(14)3-6)17-11(18)9-4-16-10(13)5-15-9/h1-5H,(H,17,18). The van der Waals surface area contributed by atoms with E-state index in [1.54, 1.807) is 6.07 Å². The van der Waals surface area contributed by atoms with Gasteiger partial charge in [-0.1, -0.05) is 27.5 Å².